The van der Waals surface area contributed by atoms with Crippen LogP contribution in [0.25, 0.3) is 11.5 Å². The Morgan fingerprint density at radius 3 is 2.53 bits per heavy atom. The van der Waals surface area contributed by atoms with Crippen molar-refractivity contribution in [1.82, 2.24) is 10.1 Å². The summed E-state index contributed by atoms with van der Waals surface area (Å²) >= 11 is 0. The number of aryl methyl sites for hydroxylation is 2. The second-order valence-electron chi connectivity index (χ2n) is 4.29. The summed E-state index contributed by atoms with van der Waals surface area (Å²) in [5, 5.41) is 3.78. The van der Waals surface area contributed by atoms with Gasteiger partial charge in [-0.3, -0.25) is 0 Å². The smallest absolute Gasteiger partial charge is 0.257 e. The van der Waals surface area contributed by atoms with Crippen molar-refractivity contribution in [3.05, 3.63) is 29.6 Å². The second kappa shape index (κ2) is 4.57. The normalized spacial score (nSPS) is 10.9. The molecule has 1 aromatic carbocycles. The molecule has 90 valence electrons. The van der Waals surface area contributed by atoms with Crippen LogP contribution in [0.5, 0.6) is 5.75 Å². The Hall–Kier alpha value is -1.84. The van der Waals surface area contributed by atoms with Gasteiger partial charge in [0.25, 0.3) is 5.89 Å². The topological polar surface area (TPSA) is 48.2 Å². The first-order chi connectivity index (χ1) is 8.06. The minimum Gasteiger partial charge on any atom is -0.491 e. The molecule has 1 aromatic heterocycles. The Morgan fingerprint density at radius 2 is 2.00 bits per heavy atom. The molecule has 0 bridgehead atoms. The molecule has 2 rings (SSSR count). The van der Waals surface area contributed by atoms with Gasteiger partial charge in [0.15, 0.2) is 5.82 Å². The molecule has 1 heterocycles. The first-order valence-corrected chi connectivity index (χ1v) is 5.64. The van der Waals surface area contributed by atoms with Crippen LogP contribution in [0.4, 0.5) is 0 Å². The molecule has 0 aliphatic carbocycles. The Balaban J connectivity index is 2.30. The van der Waals surface area contributed by atoms with E-state index in [2.05, 4.69) is 10.1 Å². The fourth-order valence-corrected chi connectivity index (χ4v) is 1.58. The molecule has 0 radical (unpaired) electrons. The van der Waals surface area contributed by atoms with Crippen molar-refractivity contribution in [3.63, 3.8) is 0 Å². The summed E-state index contributed by atoms with van der Waals surface area (Å²) in [5.74, 6) is 2.07. The van der Waals surface area contributed by atoms with Gasteiger partial charge in [0.2, 0.25) is 0 Å². The van der Waals surface area contributed by atoms with Crippen LogP contribution in [0.15, 0.2) is 22.7 Å². The number of hydrogen-bond donors (Lipinski definition) is 0. The monoisotopic (exact) mass is 232 g/mol. The number of hydrogen-bond acceptors (Lipinski definition) is 4. The molecule has 17 heavy (non-hydrogen) atoms. The molecule has 0 atom stereocenters. The predicted molar refractivity (Wildman–Crippen MR) is 65.0 cm³/mol. The first kappa shape index (κ1) is 11.6. The zero-order chi connectivity index (χ0) is 12.4. The minimum absolute atomic E-state index is 0.171. The van der Waals surface area contributed by atoms with Crippen molar-refractivity contribution in [2.24, 2.45) is 0 Å². The molecule has 4 heteroatoms. The molecule has 0 unspecified atom stereocenters. The van der Waals surface area contributed by atoms with Crippen LogP contribution in [0.2, 0.25) is 0 Å². The Labute approximate surface area is 101 Å². The van der Waals surface area contributed by atoms with Crippen molar-refractivity contribution in [2.75, 3.05) is 0 Å². The van der Waals surface area contributed by atoms with Gasteiger partial charge in [-0.15, -0.1) is 0 Å². The summed E-state index contributed by atoms with van der Waals surface area (Å²) in [7, 11) is 0. The third-order valence-electron chi connectivity index (χ3n) is 2.31. The molecule has 0 spiro atoms. The van der Waals surface area contributed by atoms with E-state index in [-0.39, 0.29) is 6.10 Å². The summed E-state index contributed by atoms with van der Waals surface area (Å²) < 4.78 is 10.8. The van der Waals surface area contributed by atoms with Crippen molar-refractivity contribution < 1.29 is 9.26 Å². The Kier molecular flexibility index (Phi) is 3.13. The zero-order valence-electron chi connectivity index (χ0n) is 10.5. The van der Waals surface area contributed by atoms with Crippen molar-refractivity contribution >= 4 is 0 Å². The largest absolute Gasteiger partial charge is 0.491 e. The van der Waals surface area contributed by atoms with E-state index in [1.807, 2.05) is 39.0 Å². The van der Waals surface area contributed by atoms with E-state index in [1.54, 1.807) is 6.92 Å². The standard InChI is InChI=1S/C13H16N2O2/c1-8(2)16-12-6-5-11(7-9(12)3)13-14-10(4)15-17-13/h5-8H,1-4H3. The molecule has 0 N–H and O–H groups in total. The van der Waals surface area contributed by atoms with E-state index in [1.165, 1.54) is 0 Å². The maximum Gasteiger partial charge on any atom is 0.257 e. The van der Waals surface area contributed by atoms with Crippen LogP contribution >= 0.6 is 0 Å². The highest BCUT2D eigenvalue weighted by Crippen LogP contribution is 2.25. The van der Waals surface area contributed by atoms with Gasteiger partial charge in [0, 0.05) is 5.56 Å². The molecular formula is C13H16N2O2. The van der Waals surface area contributed by atoms with Gasteiger partial charge in [-0.2, -0.15) is 4.98 Å². The van der Waals surface area contributed by atoms with E-state index in [0.717, 1.165) is 16.9 Å². The molecule has 0 aliphatic heterocycles. The first-order valence-electron chi connectivity index (χ1n) is 5.64. The third kappa shape index (κ3) is 2.64. The van der Waals surface area contributed by atoms with E-state index in [9.17, 15) is 0 Å². The number of rotatable bonds is 3. The van der Waals surface area contributed by atoms with Crippen LogP contribution in [-0.4, -0.2) is 16.2 Å². The molecule has 0 saturated heterocycles. The fraction of sp³-hybridized carbons (Fsp3) is 0.385. The molecule has 0 amide bonds. The van der Waals surface area contributed by atoms with E-state index < -0.39 is 0 Å². The average molecular weight is 232 g/mol. The minimum atomic E-state index is 0.171. The lowest BCUT2D eigenvalue weighted by Gasteiger charge is -2.12. The molecule has 4 nitrogen and oxygen atoms in total. The van der Waals surface area contributed by atoms with Gasteiger partial charge in [-0.25, -0.2) is 0 Å². The lowest BCUT2D eigenvalue weighted by Crippen LogP contribution is -2.06. The summed E-state index contributed by atoms with van der Waals surface area (Å²) in [6, 6.07) is 5.85. The molecule has 0 fully saturated rings. The number of ether oxygens (including phenoxy) is 1. The highest BCUT2D eigenvalue weighted by atomic mass is 16.5. The van der Waals surface area contributed by atoms with Crippen LogP contribution < -0.4 is 4.74 Å². The Morgan fingerprint density at radius 1 is 1.24 bits per heavy atom. The van der Waals surface area contributed by atoms with Gasteiger partial charge in [0.1, 0.15) is 5.75 Å². The van der Waals surface area contributed by atoms with E-state index in [4.69, 9.17) is 9.26 Å². The van der Waals surface area contributed by atoms with E-state index >= 15 is 0 Å². The highest BCUT2D eigenvalue weighted by Gasteiger charge is 2.09. The molecule has 0 aliphatic rings. The molecule has 2 aromatic rings. The van der Waals surface area contributed by atoms with Gasteiger partial charge in [-0.05, 0) is 51.5 Å². The third-order valence-corrected chi connectivity index (χ3v) is 2.31. The average Bonchev–Trinajstić information content (AvgIpc) is 2.67. The number of aromatic nitrogens is 2. The second-order valence-corrected chi connectivity index (χ2v) is 4.29. The summed E-state index contributed by atoms with van der Waals surface area (Å²) in [5.41, 5.74) is 1.98. The number of benzene rings is 1. The lowest BCUT2D eigenvalue weighted by atomic mass is 10.1. The van der Waals surface area contributed by atoms with Crippen molar-refractivity contribution in [1.29, 1.82) is 0 Å². The number of nitrogens with zero attached hydrogens (tertiary/aromatic N) is 2. The maximum absolute atomic E-state index is 5.67. The van der Waals surface area contributed by atoms with E-state index in [0.29, 0.717) is 11.7 Å². The quantitative estimate of drug-likeness (QED) is 0.815. The highest BCUT2D eigenvalue weighted by molar-refractivity contribution is 5.56. The van der Waals surface area contributed by atoms with Crippen LogP contribution in [0, 0.1) is 13.8 Å². The molecular weight excluding hydrogens is 216 g/mol. The van der Waals surface area contributed by atoms with Crippen LogP contribution in [-0.2, 0) is 0 Å². The van der Waals surface area contributed by atoms with Gasteiger partial charge < -0.3 is 9.26 Å². The fourth-order valence-electron chi connectivity index (χ4n) is 1.58. The lowest BCUT2D eigenvalue weighted by molar-refractivity contribution is 0.241. The zero-order valence-corrected chi connectivity index (χ0v) is 10.5. The van der Waals surface area contributed by atoms with Crippen LogP contribution in [0.1, 0.15) is 25.2 Å². The summed E-state index contributed by atoms with van der Waals surface area (Å²) in [4.78, 5) is 4.19. The Bertz CT molecular complexity index is 518. The predicted octanol–water partition coefficient (Wildman–Crippen LogP) is 3.14. The summed E-state index contributed by atoms with van der Waals surface area (Å²) in [6.07, 6.45) is 0.171. The summed E-state index contributed by atoms with van der Waals surface area (Å²) in [6.45, 7) is 7.82. The van der Waals surface area contributed by atoms with Crippen LogP contribution in [0.3, 0.4) is 0 Å². The van der Waals surface area contributed by atoms with Gasteiger partial charge >= 0.3 is 0 Å². The van der Waals surface area contributed by atoms with Gasteiger partial charge in [-0.1, -0.05) is 5.16 Å². The van der Waals surface area contributed by atoms with Crippen molar-refractivity contribution in [2.45, 2.75) is 33.8 Å². The van der Waals surface area contributed by atoms with Gasteiger partial charge in [0.05, 0.1) is 6.10 Å². The van der Waals surface area contributed by atoms with Crippen molar-refractivity contribution in [3.8, 4) is 17.2 Å². The maximum atomic E-state index is 5.67. The SMILES string of the molecule is Cc1noc(-c2ccc(OC(C)C)c(C)c2)n1. The molecule has 0 saturated carbocycles.